The molecule has 0 aliphatic carbocycles. The fraction of sp³-hybridized carbons (Fsp3) is 0.571. The molecular formula is C14H22. The van der Waals surface area contributed by atoms with Crippen LogP contribution in [0.2, 0.25) is 0 Å². The first-order valence-electron chi connectivity index (χ1n) is 5.78. The molecule has 0 aliphatic heterocycles. The summed E-state index contributed by atoms with van der Waals surface area (Å²) in [4.78, 5) is 0. The van der Waals surface area contributed by atoms with E-state index < -0.39 is 0 Å². The third-order valence-corrected chi connectivity index (χ3v) is 2.99. The lowest BCUT2D eigenvalue weighted by Gasteiger charge is -2.13. The second-order valence-corrected chi connectivity index (χ2v) is 4.15. The van der Waals surface area contributed by atoms with E-state index in [0.29, 0.717) is 0 Å². The van der Waals surface area contributed by atoms with Crippen LogP contribution in [-0.2, 0) is 12.8 Å². The van der Waals surface area contributed by atoms with Gasteiger partial charge in [-0.15, -0.1) is 0 Å². The highest BCUT2D eigenvalue weighted by Gasteiger charge is 2.06. The Kier molecular flexibility index (Phi) is 4.19. The Morgan fingerprint density at radius 3 is 2.14 bits per heavy atom. The summed E-state index contributed by atoms with van der Waals surface area (Å²) in [6.07, 6.45) is 4.97. The lowest BCUT2D eigenvalue weighted by Crippen LogP contribution is -1.99. The Bertz CT molecular complexity index is 297. The summed E-state index contributed by atoms with van der Waals surface area (Å²) < 4.78 is 0. The Labute approximate surface area is 88.4 Å². The summed E-state index contributed by atoms with van der Waals surface area (Å²) in [7, 11) is 0. The van der Waals surface area contributed by atoms with Gasteiger partial charge in [0.25, 0.3) is 0 Å². The average molecular weight is 190 g/mol. The van der Waals surface area contributed by atoms with Crippen LogP contribution in [0.4, 0.5) is 0 Å². The molecule has 0 unspecified atom stereocenters. The standard InChI is InChI=1S/C14H22/c1-5-7-13-10-9-11(3)12(4)14(13)8-6-2/h9-10H,5-8H2,1-4H3. The maximum absolute atomic E-state index is 2.32. The summed E-state index contributed by atoms with van der Waals surface area (Å²) in [5.41, 5.74) is 6.12. The molecular weight excluding hydrogens is 168 g/mol. The summed E-state index contributed by atoms with van der Waals surface area (Å²) >= 11 is 0. The van der Waals surface area contributed by atoms with Crippen molar-refractivity contribution in [2.24, 2.45) is 0 Å². The number of rotatable bonds is 4. The lowest BCUT2D eigenvalue weighted by molar-refractivity contribution is 0.851. The molecule has 0 atom stereocenters. The Balaban J connectivity index is 3.08. The van der Waals surface area contributed by atoms with Gasteiger partial charge in [-0.3, -0.25) is 0 Å². The molecule has 0 saturated carbocycles. The molecule has 0 aromatic heterocycles. The Hall–Kier alpha value is -0.780. The molecule has 1 rings (SSSR count). The van der Waals surface area contributed by atoms with Crippen LogP contribution in [0.3, 0.4) is 0 Å². The van der Waals surface area contributed by atoms with Gasteiger partial charge in [-0.25, -0.2) is 0 Å². The van der Waals surface area contributed by atoms with Crippen molar-refractivity contribution in [1.29, 1.82) is 0 Å². The maximum Gasteiger partial charge on any atom is -0.0276 e. The van der Waals surface area contributed by atoms with E-state index in [-0.39, 0.29) is 0 Å². The van der Waals surface area contributed by atoms with Gasteiger partial charge < -0.3 is 0 Å². The average Bonchev–Trinajstić information content (AvgIpc) is 2.18. The minimum atomic E-state index is 1.23. The van der Waals surface area contributed by atoms with E-state index in [1.807, 2.05) is 0 Å². The van der Waals surface area contributed by atoms with E-state index in [1.54, 1.807) is 11.1 Å². The van der Waals surface area contributed by atoms with E-state index in [4.69, 9.17) is 0 Å². The molecule has 0 amide bonds. The predicted octanol–water partition coefficient (Wildman–Crippen LogP) is 4.21. The molecule has 0 saturated heterocycles. The Morgan fingerprint density at radius 2 is 1.57 bits per heavy atom. The molecule has 0 heteroatoms. The molecule has 78 valence electrons. The number of aryl methyl sites for hydroxylation is 2. The lowest BCUT2D eigenvalue weighted by atomic mass is 9.92. The molecule has 0 N–H and O–H groups in total. The van der Waals surface area contributed by atoms with Gasteiger partial charge in [0.05, 0.1) is 0 Å². The van der Waals surface area contributed by atoms with Gasteiger partial charge in [-0.1, -0.05) is 38.8 Å². The predicted molar refractivity (Wildman–Crippen MR) is 63.9 cm³/mol. The molecule has 0 fully saturated rings. The fourth-order valence-corrected chi connectivity index (χ4v) is 2.03. The van der Waals surface area contributed by atoms with Crippen LogP contribution in [0, 0.1) is 13.8 Å². The van der Waals surface area contributed by atoms with Gasteiger partial charge in [0.15, 0.2) is 0 Å². The highest BCUT2D eigenvalue weighted by atomic mass is 14.1. The first-order chi connectivity index (χ1) is 6.70. The molecule has 0 radical (unpaired) electrons. The smallest absolute Gasteiger partial charge is 0.0276 e. The molecule has 0 heterocycles. The number of benzene rings is 1. The largest absolute Gasteiger partial charge is 0.0651 e. The summed E-state index contributed by atoms with van der Waals surface area (Å²) in [6.45, 7) is 8.99. The monoisotopic (exact) mass is 190 g/mol. The van der Waals surface area contributed by atoms with Crippen molar-refractivity contribution in [3.05, 3.63) is 34.4 Å². The second-order valence-electron chi connectivity index (χ2n) is 4.15. The van der Waals surface area contributed by atoms with Gasteiger partial charge >= 0.3 is 0 Å². The second kappa shape index (κ2) is 5.19. The minimum Gasteiger partial charge on any atom is -0.0651 e. The van der Waals surface area contributed by atoms with Crippen LogP contribution in [-0.4, -0.2) is 0 Å². The maximum atomic E-state index is 2.32. The van der Waals surface area contributed by atoms with Gasteiger partial charge in [-0.05, 0) is 48.9 Å². The van der Waals surface area contributed by atoms with Crippen LogP contribution in [0.15, 0.2) is 12.1 Å². The molecule has 14 heavy (non-hydrogen) atoms. The molecule has 0 bridgehead atoms. The topological polar surface area (TPSA) is 0 Å². The minimum absolute atomic E-state index is 1.23. The van der Waals surface area contributed by atoms with Gasteiger partial charge in [0, 0.05) is 0 Å². The molecule has 1 aromatic carbocycles. The van der Waals surface area contributed by atoms with Crippen molar-refractivity contribution in [2.45, 2.75) is 53.4 Å². The zero-order chi connectivity index (χ0) is 10.6. The van der Waals surface area contributed by atoms with Crippen molar-refractivity contribution >= 4 is 0 Å². The van der Waals surface area contributed by atoms with Crippen molar-refractivity contribution < 1.29 is 0 Å². The Morgan fingerprint density at radius 1 is 0.929 bits per heavy atom. The number of hydrogen-bond donors (Lipinski definition) is 0. The third kappa shape index (κ3) is 2.37. The zero-order valence-electron chi connectivity index (χ0n) is 9.98. The van der Waals surface area contributed by atoms with E-state index in [2.05, 4.69) is 39.8 Å². The fourth-order valence-electron chi connectivity index (χ4n) is 2.03. The summed E-state index contributed by atoms with van der Waals surface area (Å²) in [6, 6.07) is 4.58. The van der Waals surface area contributed by atoms with Gasteiger partial charge in [0.1, 0.15) is 0 Å². The zero-order valence-corrected chi connectivity index (χ0v) is 9.98. The van der Waals surface area contributed by atoms with E-state index >= 15 is 0 Å². The van der Waals surface area contributed by atoms with Crippen LogP contribution in [0.25, 0.3) is 0 Å². The molecule has 1 aromatic rings. The summed E-state index contributed by atoms with van der Waals surface area (Å²) in [5.74, 6) is 0. The SMILES string of the molecule is CCCc1ccc(C)c(C)c1CCC. The van der Waals surface area contributed by atoms with Gasteiger partial charge in [0.2, 0.25) is 0 Å². The van der Waals surface area contributed by atoms with Crippen molar-refractivity contribution in [3.8, 4) is 0 Å². The normalized spacial score (nSPS) is 10.6. The van der Waals surface area contributed by atoms with Crippen LogP contribution >= 0.6 is 0 Å². The highest BCUT2D eigenvalue weighted by molar-refractivity contribution is 5.40. The summed E-state index contributed by atoms with van der Waals surface area (Å²) in [5, 5.41) is 0. The molecule has 0 aliphatic rings. The number of hydrogen-bond acceptors (Lipinski definition) is 0. The third-order valence-electron chi connectivity index (χ3n) is 2.99. The van der Waals surface area contributed by atoms with Gasteiger partial charge in [-0.2, -0.15) is 0 Å². The molecule has 0 spiro atoms. The first kappa shape index (κ1) is 11.3. The van der Waals surface area contributed by atoms with Crippen molar-refractivity contribution in [3.63, 3.8) is 0 Å². The van der Waals surface area contributed by atoms with Crippen LogP contribution < -0.4 is 0 Å². The van der Waals surface area contributed by atoms with Crippen molar-refractivity contribution in [1.82, 2.24) is 0 Å². The first-order valence-corrected chi connectivity index (χ1v) is 5.78. The van der Waals surface area contributed by atoms with E-state index in [9.17, 15) is 0 Å². The van der Waals surface area contributed by atoms with Crippen molar-refractivity contribution in [2.75, 3.05) is 0 Å². The highest BCUT2D eigenvalue weighted by Crippen LogP contribution is 2.21. The molecule has 0 nitrogen and oxygen atoms in total. The van der Waals surface area contributed by atoms with E-state index in [1.165, 1.54) is 36.8 Å². The van der Waals surface area contributed by atoms with E-state index in [0.717, 1.165) is 0 Å². The van der Waals surface area contributed by atoms with Crippen LogP contribution in [0.5, 0.6) is 0 Å². The quantitative estimate of drug-likeness (QED) is 0.667. The van der Waals surface area contributed by atoms with Crippen LogP contribution in [0.1, 0.15) is 48.9 Å².